The highest BCUT2D eigenvalue weighted by Crippen LogP contribution is 2.72. The van der Waals surface area contributed by atoms with Crippen molar-refractivity contribution in [2.24, 2.45) is 45.8 Å². The second kappa shape index (κ2) is 8.90. The van der Waals surface area contributed by atoms with Crippen LogP contribution in [0, 0.1) is 45.8 Å². The highest BCUT2D eigenvalue weighted by atomic mass is 16.3. The fourth-order valence-electron chi connectivity index (χ4n) is 10.9. The molecule has 5 heteroatoms. The average Bonchev–Trinajstić information content (AvgIpc) is 3.13. The van der Waals surface area contributed by atoms with Crippen molar-refractivity contribution < 1.29 is 14.7 Å². The molecule has 5 nitrogen and oxygen atoms in total. The zero-order valence-electron chi connectivity index (χ0n) is 25.6. The van der Waals surface area contributed by atoms with Gasteiger partial charge in [-0.05, 0) is 129 Å². The minimum atomic E-state index is -0.685. The topological polar surface area (TPSA) is 78.4 Å². The summed E-state index contributed by atoms with van der Waals surface area (Å²) in [5, 5.41) is 17.6. The maximum Gasteiger partial charge on any atom is 0.240 e. The molecule has 0 aromatic heterocycles. The molecule has 214 valence electrons. The Hall–Kier alpha value is -1.20. The number of ketones is 1. The van der Waals surface area contributed by atoms with Gasteiger partial charge >= 0.3 is 0 Å². The van der Waals surface area contributed by atoms with E-state index >= 15 is 0 Å². The summed E-state index contributed by atoms with van der Waals surface area (Å²) in [6.45, 7) is 17.9. The number of nitrogens with one attached hydrogen (secondary N) is 2. The van der Waals surface area contributed by atoms with Crippen molar-refractivity contribution in [3.8, 4) is 0 Å². The number of carbonyl (C=O) groups is 2. The van der Waals surface area contributed by atoms with E-state index < -0.39 is 11.1 Å². The van der Waals surface area contributed by atoms with Crippen molar-refractivity contribution in [1.29, 1.82) is 0 Å². The van der Waals surface area contributed by atoms with Crippen molar-refractivity contribution in [3.63, 3.8) is 0 Å². The minimum Gasteiger partial charge on any atom is -0.393 e. The molecule has 0 aromatic rings. The lowest BCUT2D eigenvalue weighted by atomic mass is 9.37. The number of fused-ring (bicyclic) bond motifs is 7. The van der Waals surface area contributed by atoms with E-state index in [1.165, 1.54) is 24.8 Å². The summed E-state index contributed by atoms with van der Waals surface area (Å²) in [7, 11) is 1.83. The summed E-state index contributed by atoms with van der Waals surface area (Å²) in [6.07, 6.45) is 8.89. The van der Waals surface area contributed by atoms with E-state index in [0.717, 1.165) is 37.7 Å². The number of amides is 1. The smallest absolute Gasteiger partial charge is 0.240 e. The molecule has 0 spiro atoms. The van der Waals surface area contributed by atoms with Crippen LogP contribution in [0.25, 0.3) is 0 Å². The molecule has 0 bridgehead atoms. The van der Waals surface area contributed by atoms with Crippen LogP contribution >= 0.6 is 0 Å². The first-order valence-corrected chi connectivity index (χ1v) is 15.5. The summed E-state index contributed by atoms with van der Waals surface area (Å²) < 4.78 is 0. The van der Waals surface area contributed by atoms with Gasteiger partial charge in [-0.25, -0.2) is 0 Å². The van der Waals surface area contributed by atoms with Crippen LogP contribution < -0.4 is 10.6 Å². The Balaban J connectivity index is 1.54. The largest absolute Gasteiger partial charge is 0.393 e. The number of aliphatic hydroxyl groups is 1. The van der Waals surface area contributed by atoms with E-state index in [1.807, 2.05) is 20.9 Å². The number of hydrogen-bond donors (Lipinski definition) is 3. The molecular formula is C33H54N2O3. The van der Waals surface area contributed by atoms with Gasteiger partial charge in [-0.15, -0.1) is 0 Å². The second-order valence-electron chi connectivity index (χ2n) is 15.9. The Labute approximate surface area is 231 Å². The predicted molar refractivity (Wildman–Crippen MR) is 152 cm³/mol. The Kier molecular flexibility index (Phi) is 6.63. The number of likely N-dealkylation sites (N-methyl/N-ethyl adjacent to an activating group) is 1. The maximum atomic E-state index is 13.6. The quantitative estimate of drug-likeness (QED) is 0.432. The number of carbonyl (C=O) groups excluding carboxylic acids is 2. The lowest BCUT2D eigenvalue weighted by Gasteiger charge is -2.68. The van der Waals surface area contributed by atoms with Gasteiger partial charge in [-0.2, -0.15) is 0 Å². The molecular weight excluding hydrogens is 472 g/mol. The third kappa shape index (κ3) is 3.76. The fourth-order valence-corrected chi connectivity index (χ4v) is 10.9. The number of aliphatic hydroxyl groups excluding tert-OH is 1. The molecule has 0 aromatic carbocycles. The van der Waals surface area contributed by atoms with Gasteiger partial charge in [0.15, 0.2) is 5.78 Å². The molecule has 0 heterocycles. The van der Waals surface area contributed by atoms with E-state index in [4.69, 9.17) is 0 Å². The first-order valence-electron chi connectivity index (χ1n) is 15.5. The number of hydrogen-bond acceptors (Lipinski definition) is 4. The van der Waals surface area contributed by atoms with E-state index in [2.05, 4.69) is 52.2 Å². The molecule has 1 amide bonds. The number of allylic oxidation sites excluding steroid dienone is 1. The van der Waals surface area contributed by atoms with Gasteiger partial charge in [0.25, 0.3) is 0 Å². The zero-order chi connectivity index (χ0) is 28.1. The van der Waals surface area contributed by atoms with Gasteiger partial charge in [0.05, 0.1) is 17.2 Å². The van der Waals surface area contributed by atoms with Crippen LogP contribution in [0.4, 0.5) is 0 Å². The van der Waals surface area contributed by atoms with Crippen LogP contribution in [0.3, 0.4) is 0 Å². The Bertz CT molecular complexity index is 1040. The highest BCUT2D eigenvalue weighted by Gasteiger charge is 2.66. The molecule has 3 N–H and O–H groups in total. The maximum absolute atomic E-state index is 13.6. The van der Waals surface area contributed by atoms with E-state index in [0.29, 0.717) is 30.1 Å². The molecule has 0 saturated heterocycles. The molecule has 4 fully saturated rings. The molecule has 8 atom stereocenters. The minimum absolute atomic E-state index is 0.00957. The second-order valence-corrected chi connectivity index (χ2v) is 15.9. The van der Waals surface area contributed by atoms with Crippen molar-refractivity contribution in [2.45, 2.75) is 130 Å². The number of rotatable bonds is 4. The van der Waals surface area contributed by atoms with Gasteiger partial charge in [-0.1, -0.05) is 41.5 Å². The van der Waals surface area contributed by atoms with Crippen molar-refractivity contribution in [1.82, 2.24) is 10.6 Å². The Morgan fingerprint density at radius 3 is 2.24 bits per heavy atom. The first kappa shape index (κ1) is 28.3. The van der Waals surface area contributed by atoms with Gasteiger partial charge in [0.2, 0.25) is 5.91 Å². The predicted octanol–water partition coefficient (Wildman–Crippen LogP) is 5.80. The lowest BCUT2D eigenvalue weighted by Crippen LogP contribution is -2.65. The standard InChI is InChI=1S/C33H54N2O3/c1-19(2)26-22(36)18-33(35-28(38)30(5,6)34-9)17-12-21-20(27(26)33)10-11-24-31(21,7)15-13-23-29(3,4)25(37)14-16-32(23,24)8/h19-21,23-25,34,37H,10-18H2,1-9H3,(H,35,38). The lowest BCUT2D eigenvalue weighted by molar-refractivity contribution is -0.202. The summed E-state index contributed by atoms with van der Waals surface area (Å²) in [5.41, 5.74) is 1.56. The van der Waals surface area contributed by atoms with Crippen molar-refractivity contribution in [2.75, 3.05) is 7.05 Å². The summed E-state index contributed by atoms with van der Waals surface area (Å²) in [6, 6.07) is 0. The average molecular weight is 527 g/mol. The SMILES string of the molecule is CNC(C)(C)C(=O)NC12CCC3C(CCC4C3(C)CCC3C(C)(C)C(O)CCC34C)C1=C(C(C)C)C(=O)C2. The fraction of sp³-hybridized carbons (Fsp3) is 0.879. The van der Waals surface area contributed by atoms with Crippen LogP contribution in [0.5, 0.6) is 0 Å². The third-order valence-electron chi connectivity index (χ3n) is 13.1. The van der Waals surface area contributed by atoms with Crippen LogP contribution in [-0.4, -0.2) is 41.0 Å². The zero-order valence-corrected chi connectivity index (χ0v) is 25.6. The molecule has 38 heavy (non-hydrogen) atoms. The summed E-state index contributed by atoms with van der Waals surface area (Å²) in [4.78, 5) is 27.1. The van der Waals surface area contributed by atoms with E-state index in [-0.39, 0.29) is 40.0 Å². The van der Waals surface area contributed by atoms with Crippen molar-refractivity contribution in [3.05, 3.63) is 11.1 Å². The molecule has 5 aliphatic carbocycles. The van der Waals surface area contributed by atoms with Crippen LogP contribution in [0.2, 0.25) is 0 Å². The molecule has 4 saturated carbocycles. The molecule has 0 radical (unpaired) electrons. The Morgan fingerprint density at radius 2 is 1.61 bits per heavy atom. The van der Waals surface area contributed by atoms with Gasteiger partial charge in [0, 0.05) is 6.42 Å². The monoisotopic (exact) mass is 526 g/mol. The highest BCUT2D eigenvalue weighted by molar-refractivity contribution is 6.02. The van der Waals surface area contributed by atoms with E-state index in [1.54, 1.807) is 0 Å². The first-order chi connectivity index (χ1) is 17.5. The van der Waals surface area contributed by atoms with Crippen LogP contribution in [0.15, 0.2) is 11.1 Å². The van der Waals surface area contributed by atoms with Gasteiger partial charge in [-0.3, -0.25) is 9.59 Å². The van der Waals surface area contributed by atoms with Gasteiger partial charge in [0.1, 0.15) is 0 Å². The van der Waals surface area contributed by atoms with Crippen LogP contribution in [-0.2, 0) is 9.59 Å². The summed E-state index contributed by atoms with van der Waals surface area (Å²) in [5.74, 6) is 2.53. The molecule has 5 rings (SSSR count). The van der Waals surface area contributed by atoms with E-state index in [9.17, 15) is 14.7 Å². The Morgan fingerprint density at radius 1 is 0.947 bits per heavy atom. The molecule has 0 aliphatic heterocycles. The third-order valence-corrected chi connectivity index (χ3v) is 13.1. The van der Waals surface area contributed by atoms with Crippen LogP contribution in [0.1, 0.15) is 113 Å². The summed E-state index contributed by atoms with van der Waals surface area (Å²) >= 11 is 0. The molecule has 8 unspecified atom stereocenters. The number of Topliss-reactive ketones (excluding diaryl/α,β-unsaturated/α-hetero) is 1. The van der Waals surface area contributed by atoms with Gasteiger partial charge < -0.3 is 15.7 Å². The normalized spacial score (nSPS) is 44.3. The molecule has 5 aliphatic rings. The van der Waals surface area contributed by atoms with Crippen molar-refractivity contribution >= 4 is 11.7 Å².